The quantitative estimate of drug-likeness (QED) is 0.827. The van der Waals surface area contributed by atoms with Gasteiger partial charge in [0.05, 0.1) is 6.10 Å². The van der Waals surface area contributed by atoms with Gasteiger partial charge in [0.25, 0.3) is 5.91 Å². The molecular weight excluding hydrogens is 218 g/mol. The topological polar surface area (TPSA) is 58.6 Å². The Hall–Kier alpha value is -1.55. The summed E-state index contributed by atoms with van der Waals surface area (Å²) < 4.78 is 5.53. The molecule has 0 radical (unpaired) electrons. The summed E-state index contributed by atoms with van der Waals surface area (Å²) in [5.41, 5.74) is 2.09. The van der Waals surface area contributed by atoms with Crippen LogP contribution in [0.3, 0.4) is 0 Å². The smallest absolute Gasteiger partial charge is 0.260 e. The lowest BCUT2D eigenvalue weighted by Gasteiger charge is -2.14. The van der Waals surface area contributed by atoms with Gasteiger partial charge >= 0.3 is 0 Å². The first-order valence-corrected chi connectivity index (χ1v) is 5.81. The zero-order valence-corrected chi connectivity index (χ0v) is 10.1. The summed E-state index contributed by atoms with van der Waals surface area (Å²) in [4.78, 5) is 11.3. The fourth-order valence-electron chi connectivity index (χ4n) is 2.11. The first kappa shape index (κ1) is 11.9. The minimum atomic E-state index is -0.510. The molecule has 0 saturated heterocycles. The van der Waals surface area contributed by atoms with Crippen LogP contribution in [0.5, 0.6) is 5.75 Å². The average Bonchev–Trinajstić information content (AvgIpc) is 2.69. The lowest BCUT2D eigenvalue weighted by Crippen LogP contribution is -2.33. The Bertz CT molecular complexity index is 431. The molecular formula is C13H17NO3. The van der Waals surface area contributed by atoms with Crippen LogP contribution in [0.25, 0.3) is 0 Å². The summed E-state index contributed by atoms with van der Waals surface area (Å²) in [5.74, 6) is 0.527. The standard InChI is InChI=1S/C13H17NO3/c1-8(13(16)14-2)17-10-4-5-11-9(7-10)3-6-12(11)15/h4-5,7-8,12,15H,3,6H2,1-2H3,(H,14,16)/t8?,12-/m0/s1. The number of hydrogen-bond acceptors (Lipinski definition) is 3. The third kappa shape index (κ3) is 2.42. The van der Waals surface area contributed by atoms with Crippen LogP contribution < -0.4 is 10.1 Å². The molecule has 4 heteroatoms. The van der Waals surface area contributed by atoms with E-state index in [1.54, 1.807) is 20.0 Å². The van der Waals surface area contributed by atoms with Gasteiger partial charge in [0.1, 0.15) is 5.75 Å². The van der Waals surface area contributed by atoms with Gasteiger partial charge in [-0.3, -0.25) is 4.79 Å². The van der Waals surface area contributed by atoms with E-state index in [0.717, 1.165) is 24.0 Å². The number of aryl methyl sites for hydroxylation is 1. The van der Waals surface area contributed by atoms with Crippen molar-refractivity contribution < 1.29 is 14.6 Å². The van der Waals surface area contributed by atoms with E-state index in [-0.39, 0.29) is 12.0 Å². The fourth-order valence-corrected chi connectivity index (χ4v) is 2.11. The molecule has 1 aromatic rings. The summed E-state index contributed by atoms with van der Waals surface area (Å²) in [6.07, 6.45) is 0.769. The predicted molar refractivity (Wildman–Crippen MR) is 63.9 cm³/mol. The molecule has 0 aromatic heterocycles. The van der Waals surface area contributed by atoms with Crippen molar-refractivity contribution in [3.05, 3.63) is 29.3 Å². The van der Waals surface area contributed by atoms with Gasteiger partial charge in [0, 0.05) is 7.05 Å². The van der Waals surface area contributed by atoms with Crippen molar-refractivity contribution in [2.45, 2.75) is 32.0 Å². The van der Waals surface area contributed by atoms with Crippen molar-refractivity contribution >= 4 is 5.91 Å². The van der Waals surface area contributed by atoms with Crippen molar-refractivity contribution in [1.29, 1.82) is 0 Å². The molecule has 2 N–H and O–H groups in total. The van der Waals surface area contributed by atoms with Gasteiger partial charge < -0.3 is 15.2 Å². The van der Waals surface area contributed by atoms with Crippen molar-refractivity contribution in [3.8, 4) is 5.75 Å². The second-order valence-electron chi connectivity index (χ2n) is 4.29. The van der Waals surface area contributed by atoms with Gasteiger partial charge in [-0.2, -0.15) is 0 Å². The van der Waals surface area contributed by atoms with E-state index in [4.69, 9.17) is 4.74 Å². The zero-order valence-electron chi connectivity index (χ0n) is 10.1. The Morgan fingerprint density at radius 2 is 2.35 bits per heavy atom. The minimum Gasteiger partial charge on any atom is -0.481 e. The molecule has 2 rings (SSSR count). The third-order valence-corrected chi connectivity index (χ3v) is 3.09. The van der Waals surface area contributed by atoms with Crippen LogP contribution in [-0.4, -0.2) is 24.2 Å². The monoisotopic (exact) mass is 235 g/mol. The summed E-state index contributed by atoms with van der Waals surface area (Å²) in [5, 5.41) is 12.2. The molecule has 0 heterocycles. The first-order chi connectivity index (χ1) is 8.11. The van der Waals surface area contributed by atoms with Crippen LogP contribution in [0.15, 0.2) is 18.2 Å². The number of carbonyl (C=O) groups is 1. The molecule has 4 nitrogen and oxygen atoms in total. The number of nitrogens with one attached hydrogen (secondary N) is 1. The molecule has 0 fully saturated rings. The van der Waals surface area contributed by atoms with Gasteiger partial charge in [0.15, 0.2) is 6.10 Å². The lowest BCUT2D eigenvalue weighted by molar-refractivity contribution is -0.126. The summed E-state index contributed by atoms with van der Waals surface area (Å²) in [6.45, 7) is 1.71. The second kappa shape index (κ2) is 4.75. The van der Waals surface area contributed by atoms with Gasteiger partial charge in [-0.25, -0.2) is 0 Å². The van der Waals surface area contributed by atoms with Crippen molar-refractivity contribution in [2.24, 2.45) is 0 Å². The maximum atomic E-state index is 11.3. The highest BCUT2D eigenvalue weighted by molar-refractivity contribution is 5.80. The largest absolute Gasteiger partial charge is 0.481 e. The van der Waals surface area contributed by atoms with Gasteiger partial charge in [-0.05, 0) is 43.0 Å². The molecule has 0 saturated carbocycles. The summed E-state index contributed by atoms with van der Waals surface area (Å²) in [6, 6.07) is 5.58. The molecule has 1 amide bonds. The average molecular weight is 235 g/mol. The minimum absolute atomic E-state index is 0.148. The molecule has 1 aromatic carbocycles. The van der Waals surface area contributed by atoms with E-state index in [9.17, 15) is 9.90 Å². The number of aliphatic hydroxyl groups is 1. The SMILES string of the molecule is CNC(=O)C(C)Oc1ccc2c(c1)CC[C@@H]2O. The molecule has 2 atom stereocenters. The number of ether oxygens (including phenoxy) is 1. The Morgan fingerprint density at radius 3 is 3.06 bits per heavy atom. The van der Waals surface area contributed by atoms with Crippen LogP contribution in [0.4, 0.5) is 0 Å². The fraction of sp³-hybridized carbons (Fsp3) is 0.462. The van der Waals surface area contributed by atoms with E-state index in [1.807, 2.05) is 12.1 Å². The number of benzene rings is 1. The maximum Gasteiger partial charge on any atom is 0.260 e. The highest BCUT2D eigenvalue weighted by Gasteiger charge is 2.21. The Balaban J connectivity index is 2.11. The summed E-state index contributed by atoms with van der Waals surface area (Å²) in [7, 11) is 1.58. The van der Waals surface area contributed by atoms with E-state index >= 15 is 0 Å². The Morgan fingerprint density at radius 1 is 1.59 bits per heavy atom. The number of aliphatic hydroxyl groups excluding tert-OH is 1. The molecule has 1 aliphatic rings. The highest BCUT2D eigenvalue weighted by Crippen LogP contribution is 2.33. The molecule has 0 aliphatic heterocycles. The number of fused-ring (bicyclic) bond motifs is 1. The number of carbonyl (C=O) groups excluding carboxylic acids is 1. The van der Waals surface area contributed by atoms with Crippen LogP contribution in [-0.2, 0) is 11.2 Å². The number of likely N-dealkylation sites (N-methyl/N-ethyl adjacent to an activating group) is 1. The lowest BCUT2D eigenvalue weighted by atomic mass is 10.1. The van der Waals surface area contributed by atoms with Crippen molar-refractivity contribution in [2.75, 3.05) is 7.05 Å². The molecule has 92 valence electrons. The molecule has 17 heavy (non-hydrogen) atoms. The Labute approximate surface area is 101 Å². The van der Waals surface area contributed by atoms with Gasteiger partial charge in [-0.15, -0.1) is 0 Å². The van der Waals surface area contributed by atoms with Gasteiger partial charge in [0.2, 0.25) is 0 Å². The number of rotatable bonds is 3. The maximum absolute atomic E-state index is 11.3. The van der Waals surface area contributed by atoms with Crippen LogP contribution >= 0.6 is 0 Å². The van der Waals surface area contributed by atoms with Crippen LogP contribution in [0.2, 0.25) is 0 Å². The van der Waals surface area contributed by atoms with Crippen LogP contribution in [0.1, 0.15) is 30.6 Å². The van der Waals surface area contributed by atoms with Gasteiger partial charge in [-0.1, -0.05) is 6.07 Å². The van der Waals surface area contributed by atoms with Crippen molar-refractivity contribution in [3.63, 3.8) is 0 Å². The summed E-state index contributed by atoms with van der Waals surface area (Å²) >= 11 is 0. The van der Waals surface area contributed by atoms with E-state index in [1.165, 1.54) is 0 Å². The molecule has 1 aliphatic carbocycles. The van der Waals surface area contributed by atoms with E-state index in [2.05, 4.69) is 5.32 Å². The molecule has 0 bridgehead atoms. The predicted octanol–water partition coefficient (Wildman–Crippen LogP) is 1.18. The normalized spacial score (nSPS) is 19.6. The number of amides is 1. The zero-order chi connectivity index (χ0) is 12.4. The number of hydrogen-bond donors (Lipinski definition) is 2. The molecule has 1 unspecified atom stereocenters. The Kier molecular flexibility index (Phi) is 3.33. The van der Waals surface area contributed by atoms with E-state index < -0.39 is 6.10 Å². The highest BCUT2D eigenvalue weighted by atomic mass is 16.5. The van der Waals surface area contributed by atoms with Crippen LogP contribution in [0, 0.1) is 0 Å². The van der Waals surface area contributed by atoms with E-state index in [0.29, 0.717) is 5.75 Å². The third-order valence-electron chi connectivity index (χ3n) is 3.09. The second-order valence-corrected chi connectivity index (χ2v) is 4.29. The van der Waals surface area contributed by atoms with Crippen molar-refractivity contribution in [1.82, 2.24) is 5.32 Å². The first-order valence-electron chi connectivity index (χ1n) is 5.81. The molecule has 0 spiro atoms.